The van der Waals surface area contributed by atoms with Crippen molar-refractivity contribution in [1.29, 1.82) is 0 Å². The van der Waals surface area contributed by atoms with E-state index in [1.165, 1.54) is 7.11 Å². The molecule has 2 N–H and O–H groups in total. The van der Waals surface area contributed by atoms with E-state index in [0.717, 1.165) is 38.8 Å². The second-order valence-corrected chi connectivity index (χ2v) is 8.20. The number of aromatic nitrogens is 1. The Labute approximate surface area is 180 Å². The first-order valence-electron chi connectivity index (χ1n) is 10.2. The minimum Gasteiger partial charge on any atom is -0.465 e. The number of fused-ring (bicyclic) bond motifs is 2. The van der Waals surface area contributed by atoms with E-state index < -0.39 is 5.41 Å². The third kappa shape index (κ3) is 3.19. The molecule has 1 atom stereocenters. The Morgan fingerprint density at radius 3 is 2.65 bits per heavy atom. The third-order valence-corrected chi connectivity index (χ3v) is 6.16. The molecule has 2 heterocycles. The van der Waals surface area contributed by atoms with Crippen LogP contribution in [0.3, 0.4) is 0 Å². The number of hydrogen-bond acceptors (Lipinski definition) is 3. The van der Waals surface area contributed by atoms with E-state index in [1.807, 2.05) is 37.4 Å². The first kappa shape index (κ1) is 19.1. The van der Waals surface area contributed by atoms with Gasteiger partial charge in [-0.3, -0.25) is 4.79 Å². The molecule has 1 aliphatic rings. The second kappa shape index (κ2) is 7.13. The van der Waals surface area contributed by atoms with Crippen molar-refractivity contribution in [3.63, 3.8) is 0 Å². The lowest BCUT2D eigenvalue weighted by molar-refractivity contribution is -0.120. The number of H-pyrrole nitrogens is 1. The van der Waals surface area contributed by atoms with Gasteiger partial charge in [0.1, 0.15) is 0 Å². The van der Waals surface area contributed by atoms with Gasteiger partial charge in [0.15, 0.2) is 0 Å². The molecule has 154 valence electrons. The zero-order valence-electron chi connectivity index (χ0n) is 17.4. The van der Waals surface area contributed by atoms with Crippen LogP contribution in [0.25, 0.3) is 22.0 Å². The first-order valence-corrected chi connectivity index (χ1v) is 10.2. The van der Waals surface area contributed by atoms with Crippen LogP contribution in [0.2, 0.25) is 0 Å². The number of carbonyl (C=O) groups excluding carboxylic acids is 2. The van der Waals surface area contributed by atoms with Crippen molar-refractivity contribution in [1.82, 2.24) is 4.98 Å². The number of esters is 1. The minimum atomic E-state index is -0.738. The summed E-state index contributed by atoms with van der Waals surface area (Å²) in [6.45, 7) is 1.96. The number of anilines is 1. The molecule has 1 amide bonds. The maximum Gasteiger partial charge on any atom is 0.337 e. The molecule has 0 radical (unpaired) electrons. The molecule has 31 heavy (non-hydrogen) atoms. The fourth-order valence-corrected chi connectivity index (χ4v) is 4.41. The van der Waals surface area contributed by atoms with Crippen LogP contribution >= 0.6 is 0 Å². The van der Waals surface area contributed by atoms with E-state index in [9.17, 15) is 9.59 Å². The summed E-state index contributed by atoms with van der Waals surface area (Å²) in [5, 5.41) is 4.17. The normalized spacial score (nSPS) is 17.4. The molecule has 1 aromatic heterocycles. The molecule has 0 aliphatic carbocycles. The first-order chi connectivity index (χ1) is 15.0. The molecule has 0 fully saturated rings. The molecule has 1 aliphatic heterocycles. The van der Waals surface area contributed by atoms with E-state index in [1.54, 1.807) is 12.1 Å². The van der Waals surface area contributed by atoms with Gasteiger partial charge in [0.25, 0.3) is 0 Å². The van der Waals surface area contributed by atoms with Crippen molar-refractivity contribution in [3.8, 4) is 11.1 Å². The molecule has 5 heteroatoms. The van der Waals surface area contributed by atoms with Crippen LogP contribution in [-0.2, 0) is 21.4 Å². The largest absolute Gasteiger partial charge is 0.465 e. The van der Waals surface area contributed by atoms with Gasteiger partial charge >= 0.3 is 5.97 Å². The van der Waals surface area contributed by atoms with E-state index in [0.29, 0.717) is 12.0 Å². The predicted octanol–water partition coefficient (Wildman–Crippen LogP) is 5.07. The van der Waals surface area contributed by atoms with Crippen molar-refractivity contribution in [3.05, 3.63) is 89.6 Å². The summed E-state index contributed by atoms with van der Waals surface area (Å²) in [4.78, 5) is 28.1. The number of rotatable bonds is 4. The number of hydrogen-bond donors (Lipinski definition) is 2. The van der Waals surface area contributed by atoms with Crippen molar-refractivity contribution in [2.45, 2.75) is 18.8 Å². The molecule has 0 saturated heterocycles. The van der Waals surface area contributed by atoms with Gasteiger partial charge in [-0.25, -0.2) is 4.79 Å². The SMILES string of the molecule is COC(=O)c1cccc(CC2(C)C(=O)Nc3ccc(-c4ccc5[nH]ccc5c4)cc32)c1. The Kier molecular flexibility index (Phi) is 4.40. The van der Waals surface area contributed by atoms with Crippen LogP contribution in [0.1, 0.15) is 28.4 Å². The summed E-state index contributed by atoms with van der Waals surface area (Å²) in [6.07, 6.45) is 2.41. The average Bonchev–Trinajstić information content (AvgIpc) is 3.35. The molecular formula is C26H22N2O3. The van der Waals surface area contributed by atoms with Crippen LogP contribution in [0.5, 0.6) is 0 Å². The number of carbonyl (C=O) groups is 2. The Morgan fingerprint density at radius 2 is 1.81 bits per heavy atom. The molecular weight excluding hydrogens is 388 g/mol. The molecule has 4 aromatic rings. The van der Waals surface area contributed by atoms with E-state index in [2.05, 4.69) is 40.6 Å². The molecule has 0 bridgehead atoms. The van der Waals surface area contributed by atoms with Crippen molar-refractivity contribution in [2.24, 2.45) is 0 Å². The van der Waals surface area contributed by atoms with Crippen LogP contribution in [0.4, 0.5) is 5.69 Å². The lowest BCUT2D eigenvalue weighted by Gasteiger charge is -2.23. The highest BCUT2D eigenvalue weighted by molar-refractivity contribution is 6.06. The maximum atomic E-state index is 13.0. The number of benzene rings is 3. The summed E-state index contributed by atoms with van der Waals surface area (Å²) >= 11 is 0. The minimum absolute atomic E-state index is 0.0378. The van der Waals surface area contributed by atoms with Gasteiger partial charge in [0, 0.05) is 17.4 Å². The smallest absolute Gasteiger partial charge is 0.337 e. The number of aromatic amines is 1. The highest BCUT2D eigenvalue weighted by Gasteiger charge is 2.42. The Hall–Kier alpha value is -3.86. The van der Waals surface area contributed by atoms with Crippen LogP contribution < -0.4 is 5.32 Å². The lowest BCUT2D eigenvalue weighted by Crippen LogP contribution is -2.33. The summed E-state index contributed by atoms with van der Waals surface area (Å²) < 4.78 is 4.83. The van der Waals surface area contributed by atoms with E-state index in [4.69, 9.17) is 4.74 Å². The van der Waals surface area contributed by atoms with Crippen molar-refractivity contribution < 1.29 is 14.3 Å². The number of ether oxygens (including phenoxy) is 1. The summed E-state index contributed by atoms with van der Waals surface area (Å²) in [5.74, 6) is -0.421. The fraction of sp³-hybridized carbons (Fsp3) is 0.154. The molecule has 5 rings (SSSR count). The van der Waals surface area contributed by atoms with Crippen LogP contribution in [0.15, 0.2) is 72.9 Å². The molecule has 0 saturated carbocycles. The van der Waals surface area contributed by atoms with Gasteiger partial charge in [-0.05, 0) is 83.4 Å². The Morgan fingerprint density at radius 1 is 1.00 bits per heavy atom. The van der Waals surface area contributed by atoms with Crippen LogP contribution in [0, 0.1) is 0 Å². The predicted molar refractivity (Wildman–Crippen MR) is 121 cm³/mol. The van der Waals surface area contributed by atoms with Gasteiger partial charge < -0.3 is 15.0 Å². The lowest BCUT2D eigenvalue weighted by atomic mass is 9.77. The van der Waals surface area contributed by atoms with E-state index >= 15 is 0 Å². The number of methoxy groups -OCH3 is 1. The topological polar surface area (TPSA) is 71.2 Å². The van der Waals surface area contributed by atoms with Gasteiger partial charge in [0.2, 0.25) is 5.91 Å². The van der Waals surface area contributed by atoms with E-state index in [-0.39, 0.29) is 11.9 Å². The zero-order valence-corrected chi connectivity index (χ0v) is 17.4. The summed E-state index contributed by atoms with van der Waals surface area (Å²) in [6, 6.07) is 21.7. The molecule has 1 unspecified atom stereocenters. The van der Waals surface area contributed by atoms with Gasteiger partial charge in [-0.15, -0.1) is 0 Å². The Balaban J connectivity index is 1.54. The molecule has 5 nitrogen and oxygen atoms in total. The number of amides is 1. The third-order valence-electron chi connectivity index (χ3n) is 6.16. The monoisotopic (exact) mass is 410 g/mol. The van der Waals surface area contributed by atoms with Crippen LogP contribution in [-0.4, -0.2) is 24.0 Å². The summed E-state index contributed by atoms with van der Waals surface area (Å²) in [7, 11) is 1.36. The molecule has 3 aromatic carbocycles. The van der Waals surface area contributed by atoms with Gasteiger partial charge in [-0.2, -0.15) is 0 Å². The molecule has 0 spiro atoms. The average molecular weight is 410 g/mol. The second-order valence-electron chi connectivity index (χ2n) is 8.20. The van der Waals surface area contributed by atoms with Gasteiger partial charge in [-0.1, -0.05) is 24.3 Å². The summed E-state index contributed by atoms with van der Waals surface area (Å²) in [5.41, 5.74) is 5.71. The standard InChI is InChI=1S/C26H22N2O3/c1-26(15-16-4-3-5-20(12-16)24(29)31-2)21-14-18(7-9-23(21)28-25(26)30)17-6-8-22-19(13-17)10-11-27-22/h3-14,27H,15H2,1-2H3,(H,28,30). The Bertz CT molecular complexity index is 1340. The quantitative estimate of drug-likeness (QED) is 0.461. The highest BCUT2D eigenvalue weighted by atomic mass is 16.5. The maximum absolute atomic E-state index is 13.0. The van der Waals surface area contributed by atoms with Crippen molar-refractivity contribution >= 4 is 28.5 Å². The zero-order chi connectivity index (χ0) is 21.6. The van der Waals surface area contributed by atoms with Crippen molar-refractivity contribution in [2.75, 3.05) is 12.4 Å². The highest BCUT2D eigenvalue weighted by Crippen LogP contribution is 2.42. The number of nitrogens with one attached hydrogen (secondary N) is 2. The fourth-order valence-electron chi connectivity index (χ4n) is 4.41. The van der Waals surface area contributed by atoms with Gasteiger partial charge in [0.05, 0.1) is 18.1 Å².